The molecule has 1 atom stereocenters. The van der Waals surface area contributed by atoms with Gasteiger partial charge in [-0.1, -0.05) is 28.9 Å². The quantitative estimate of drug-likeness (QED) is 0.817. The van der Waals surface area contributed by atoms with Crippen LogP contribution in [0.3, 0.4) is 0 Å². The fraction of sp³-hybridized carbons (Fsp3) is 0.455. The highest BCUT2D eigenvalue weighted by atomic mass is 79.9. The highest BCUT2D eigenvalue weighted by Crippen LogP contribution is 2.15. The predicted octanol–water partition coefficient (Wildman–Crippen LogP) is 3.70. The first kappa shape index (κ1) is 12.9. The van der Waals surface area contributed by atoms with Crippen molar-refractivity contribution in [1.29, 1.82) is 0 Å². The number of nitrogens with one attached hydrogen (secondary N) is 1. The van der Waals surface area contributed by atoms with Crippen LogP contribution in [0.5, 0.6) is 0 Å². The van der Waals surface area contributed by atoms with Gasteiger partial charge in [-0.15, -0.1) is 11.6 Å². The topological polar surface area (TPSA) is 12.0 Å². The van der Waals surface area contributed by atoms with Crippen molar-refractivity contribution in [1.82, 2.24) is 5.32 Å². The Morgan fingerprint density at radius 2 is 2.27 bits per heavy atom. The second-order valence-electron chi connectivity index (χ2n) is 3.38. The number of rotatable bonds is 5. The van der Waals surface area contributed by atoms with Gasteiger partial charge in [0.05, 0.1) is 0 Å². The molecule has 0 aliphatic rings. The maximum absolute atomic E-state index is 13.4. The number of benzene rings is 1. The number of hydrogen-bond acceptors (Lipinski definition) is 1. The minimum Gasteiger partial charge on any atom is -0.309 e. The lowest BCUT2D eigenvalue weighted by Gasteiger charge is -2.13. The van der Waals surface area contributed by atoms with Crippen LogP contribution in [0.2, 0.25) is 0 Å². The molecule has 0 radical (unpaired) electrons. The van der Waals surface area contributed by atoms with Crippen LogP contribution in [-0.2, 0) is 6.54 Å². The molecule has 1 N–H and O–H groups in total. The van der Waals surface area contributed by atoms with Gasteiger partial charge in [0.25, 0.3) is 0 Å². The van der Waals surface area contributed by atoms with Crippen molar-refractivity contribution in [2.75, 3.05) is 5.88 Å². The molecule has 0 amide bonds. The van der Waals surface area contributed by atoms with Crippen LogP contribution in [0, 0.1) is 5.82 Å². The Hall–Kier alpha value is -0.120. The Morgan fingerprint density at radius 1 is 1.53 bits per heavy atom. The van der Waals surface area contributed by atoms with Crippen LogP contribution in [-0.4, -0.2) is 11.9 Å². The molecule has 0 aliphatic heterocycles. The standard InChI is InChI=1S/C11H14BrClFN/c1-2-10(6-13)15-7-8-3-4-9(12)5-11(8)14/h3-5,10,15H,2,6-7H2,1H3. The van der Waals surface area contributed by atoms with E-state index in [4.69, 9.17) is 11.6 Å². The summed E-state index contributed by atoms with van der Waals surface area (Å²) < 4.78 is 14.2. The van der Waals surface area contributed by atoms with Crippen LogP contribution in [0.15, 0.2) is 22.7 Å². The molecule has 0 saturated heterocycles. The van der Waals surface area contributed by atoms with Gasteiger partial charge in [-0.3, -0.25) is 0 Å². The molecule has 84 valence electrons. The molecule has 0 spiro atoms. The zero-order chi connectivity index (χ0) is 11.3. The van der Waals surface area contributed by atoms with E-state index in [0.717, 1.165) is 10.9 Å². The summed E-state index contributed by atoms with van der Waals surface area (Å²) in [6.45, 7) is 2.57. The predicted molar refractivity (Wildman–Crippen MR) is 65.7 cm³/mol. The van der Waals surface area contributed by atoms with E-state index in [1.807, 2.05) is 6.07 Å². The molecular formula is C11H14BrClFN. The van der Waals surface area contributed by atoms with Crippen LogP contribution in [0.4, 0.5) is 4.39 Å². The molecule has 1 nitrogen and oxygen atoms in total. The summed E-state index contributed by atoms with van der Waals surface area (Å²) in [5.74, 6) is 0.357. The first-order chi connectivity index (χ1) is 7.17. The van der Waals surface area contributed by atoms with Crippen molar-refractivity contribution in [3.05, 3.63) is 34.1 Å². The van der Waals surface area contributed by atoms with E-state index in [9.17, 15) is 4.39 Å². The first-order valence-corrected chi connectivity index (χ1v) is 6.23. The van der Waals surface area contributed by atoms with Crippen molar-refractivity contribution in [2.24, 2.45) is 0 Å². The van der Waals surface area contributed by atoms with E-state index in [0.29, 0.717) is 18.0 Å². The molecule has 1 rings (SSSR count). The Bertz CT molecular complexity index is 315. The van der Waals surface area contributed by atoms with E-state index in [1.54, 1.807) is 6.07 Å². The molecular weight excluding hydrogens is 280 g/mol. The summed E-state index contributed by atoms with van der Waals surface area (Å²) in [7, 11) is 0. The van der Waals surface area contributed by atoms with Gasteiger partial charge in [0.15, 0.2) is 0 Å². The third kappa shape index (κ3) is 4.09. The van der Waals surface area contributed by atoms with Crippen molar-refractivity contribution < 1.29 is 4.39 Å². The minimum absolute atomic E-state index is 0.193. The van der Waals surface area contributed by atoms with Crippen molar-refractivity contribution in [3.63, 3.8) is 0 Å². The summed E-state index contributed by atoms with van der Waals surface area (Å²) in [6.07, 6.45) is 0.946. The largest absolute Gasteiger partial charge is 0.309 e. The normalized spacial score (nSPS) is 12.8. The fourth-order valence-corrected chi connectivity index (χ4v) is 1.89. The third-order valence-corrected chi connectivity index (χ3v) is 3.14. The van der Waals surface area contributed by atoms with E-state index >= 15 is 0 Å². The number of halogens is 3. The molecule has 15 heavy (non-hydrogen) atoms. The van der Waals surface area contributed by atoms with E-state index in [1.165, 1.54) is 6.07 Å². The molecule has 0 aromatic heterocycles. The van der Waals surface area contributed by atoms with Gasteiger partial charge in [-0.25, -0.2) is 4.39 Å². The second kappa shape index (κ2) is 6.46. The summed E-state index contributed by atoms with van der Waals surface area (Å²) in [5.41, 5.74) is 0.668. The van der Waals surface area contributed by atoms with E-state index in [-0.39, 0.29) is 11.9 Å². The summed E-state index contributed by atoms with van der Waals surface area (Å²) >= 11 is 8.96. The van der Waals surface area contributed by atoms with Gasteiger partial charge < -0.3 is 5.32 Å². The van der Waals surface area contributed by atoms with Gasteiger partial charge in [0, 0.05) is 28.5 Å². The molecule has 4 heteroatoms. The van der Waals surface area contributed by atoms with Gasteiger partial charge in [0.1, 0.15) is 5.82 Å². The second-order valence-corrected chi connectivity index (χ2v) is 4.60. The Balaban J connectivity index is 2.57. The minimum atomic E-state index is -0.193. The highest BCUT2D eigenvalue weighted by Gasteiger charge is 2.06. The fourth-order valence-electron chi connectivity index (χ4n) is 1.23. The molecule has 1 aromatic rings. The van der Waals surface area contributed by atoms with Crippen molar-refractivity contribution >= 4 is 27.5 Å². The summed E-state index contributed by atoms with van der Waals surface area (Å²) in [4.78, 5) is 0. The number of alkyl halides is 1. The molecule has 0 fully saturated rings. The third-order valence-electron chi connectivity index (χ3n) is 2.28. The van der Waals surface area contributed by atoms with E-state index in [2.05, 4.69) is 28.2 Å². The van der Waals surface area contributed by atoms with Gasteiger partial charge in [0.2, 0.25) is 0 Å². The number of hydrogen-bond donors (Lipinski definition) is 1. The molecule has 0 bridgehead atoms. The van der Waals surface area contributed by atoms with Crippen molar-refractivity contribution in [3.8, 4) is 0 Å². The Kier molecular flexibility index (Phi) is 5.58. The maximum Gasteiger partial charge on any atom is 0.128 e. The van der Waals surface area contributed by atoms with Crippen LogP contribution < -0.4 is 5.32 Å². The smallest absolute Gasteiger partial charge is 0.128 e. The lowest BCUT2D eigenvalue weighted by atomic mass is 10.2. The zero-order valence-electron chi connectivity index (χ0n) is 8.56. The average Bonchev–Trinajstić information content (AvgIpc) is 2.22. The molecule has 0 aliphatic carbocycles. The van der Waals surface area contributed by atoms with Gasteiger partial charge in [-0.2, -0.15) is 0 Å². The monoisotopic (exact) mass is 293 g/mol. The Labute approximate surface area is 103 Å². The summed E-state index contributed by atoms with van der Waals surface area (Å²) in [6, 6.07) is 5.32. The molecule has 0 heterocycles. The van der Waals surface area contributed by atoms with Crippen LogP contribution in [0.1, 0.15) is 18.9 Å². The van der Waals surface area contributed by atoms with Gasteiger partial charge >= 0.3 is 0 Å². The average molecular weight is 295 g/mol. The van der Waals surface area contributed by atoms with E-state index < -0.39 is 0 Å². The van der Waals surface area contributed by atoms with Gasteiger partial charge in [-0.05, 0) is 18.6 Å². The molecule has 0 saturated carbocycles. The molecule has 1 aromatic carbocycles. The van der Waals surface area contributed by atoms with Crippen LogP contribution >= 0.6 is 27.5 Å². The maximum atomic E-state index is 13.4. The summed E-state index contributed by atoms with van der Waals surface area (Å²) in [5, 5.41) is 3.21. The van der Waals surface area contributed by atoms with Crippen LogP contribution in [0.25, 0.3) is 0 Å². The first-order valence-electron chi connectivity index (χ1n) is 4.90. The highest BCUT2D eigenvalue weighted by molar-refractivity contribution is 9.10. The lowest BCUT2D eigenvalue weighted by Crippen LogP contribution is -2.29. The SMILES string of the molecule is CCC(CCl)NCc1ccc(Br)cc1F. The lowest BCUT2D eigenvalue weighted by molar-refractivity contribution is 0.520. The Morgan fingerprint density at radius 3 is 2.80 bits per heavy atom. The zero-order valence-corrected chi connectivity index (χ0v) is 10.9. The van der Waals surface area contributed by atoms with Crippen molar-refractivity contribution in [2.45, 2.75) is 25.9 Å². The molecule has 1 unspecified atom stereocenters.